The number of hydrogen-bond donors (Lipinski definition) is 2. The van der Waals surface area contributed by atoms with E-state index in [1.165, 1.54) is 0 Å². The van der Waals surface area contributed by atoms with Crippen molar-refractivity contribution in [2.75, 3.05) is 11.9 Å². The molecule has 82 valence electrons. The van der Waals surface area contributed by atoms with E-state index in [0.717, 1.165) is 12.3 Å². The van der Waals surface area contributed by atoms with Crippen molar-refractivity contribution in [3.05, 3.63) is 27.9 Å². The van der Waals surface area contributed by atoms with Crippen molar-refractivity contribution in [1.29, 1.82) is 5.26 Å². The summed E-state index contributed by atoms with van der Waals surface area (Å²) >= 11 is 0. The third-order valence-electron chi connectivity index (χ3n) is 1.60. The van der Waals surface area contributed by atoms with E-state index >= 15 is 0 Å². The van der Waals surface area contributed by atoms with E-state index < -0.39 is 23.1 Å². The van der Waals surface area contributed by atoms with E-state index in [9.17, 15) is 14.9 Å². The molecule has 0 aliphatic rings. The third-order valence-corrected chi connectivity index (χ3v) is 1.60. The van der Waals surface area contributed by atoms with Crippen LogP contribution in [0.25, 0.3) is 0 Å². The number of nitrogens with zero attached hydrogens (tertiary/aromatic N) is 3. The summed E-state index contributed by atoms with van der Waals surface area (Å²) in [5, 5.41) is 29.8. The number of nitrogens with one attached hydrogen (secondary N) is 1. The van der Waals surface area contributed by atoms with Gasteiger partial charge in [0.15, 0.2) is 0 Å². The van der Waals surface area contributed by atoms with Gasteiger partial charge in [-0.3, -0.25) is 14.9 Å². The fraction of sp³-hybridized carbons (Fsp3) is 0.125. The first-order valence-corrected chi connectivity index (χ1v) is 4.05. The molecule has 0 aliphatic carbocycles. The van der Waals surface area contributed by atoms with Crippen LogP contribution in [0.15, 0.2) is 12.3 Å². The Bertz CT molecular complexity index is 479. The van der Waals surface area contributed by atoms with Gasteiger partial charge in [-0.25, -0.2) is 4.98 Å². The molecule has 0 aromatic carbocycles. The molecule has 0 unspecified atom stereocenters. The Morgan fingerprint density at radius 3 is 2.94 bits per heavy atom. The van der Waals surface area contributed by atoms with Crippen LogP contribution in [-0.4, -0.2) is 27.5 Å². The number of nitriles is 1. The number of anilines is 1. The minimum Gasteiger partial charge on any atom is -0.480 e. The maximum atomic E-state index is 10.6. The zero-order chi connectivity index (χ0) is 12.1. The van der Waals surface area contributed by atoms with Gasteiger partial charge in [-0.15, -0.1) is 0 Å². The number of carboxylic acid groups (broad SMARTS) is 1. The average molecular weight is 222 g/mol. The van der Waals surface area contributed by atoms with Crippen molar-refractivity contribution in [3.63, 3.8) is 0 Å². The highest BCUT2D eigenvalue weighted by Crippen LogP contribution is 2.21. The van der Waals surface area contributed by atoms with E-state index in [1.807, 2.05) is 0 Å². The Balaban J connectivity index is 3.04. The Hall–Kier alpha value is -2.69. The second-order valence-electron chi connectivity index (χ2n) is 2.71. The molecule has 1 rings (SSSR count). The first-order chi connectivity index (χ1) is 7.54. The average Bonchev–Trinajstić information content (AvgIpc) is 2.25. The number of pyridine rings is 1. The Morgan fingerprint density at radius 1 is 1.75 bits per heavy atom. The zero-order valence-electron chi connectivity index (χ0n) is 7.88. The second-order valence-corrected chi connectivity index (χ2v) is 2.71. The lowest BCUT2D eigenvalue weighted by Gasteiger charge is -2.02. The number of aliphatic carboxylic acids is 1. The van der Waals surface area contributed by atoms with Gasteiger partial charge in [0.2, 0.25) is 5.82 Å². The van der Waals surface area contributed by atoms with Crippen LogP contribution < -0.4 is 5.32 Å². The van der Waals surface area contributed by atoms with Crippen molar-refractivity contribution in [3.8, 4) is 6.07 Å². The second kappa shape index (κ2) is 4.70. The summed E-state index contributed by atoms with van der Waals surface area (Å²) in [6.07, 6.45) is 1.12. The van der Waals surface area contributed by atoms with E-state index in [4.69, 9.17) is 10.4 Å². The fourth-order valence-electron chi connectivity index (χ4n) is 0.949. The van der Waals surface area contributed by atoms with Gasteiger partial charge >= 0.3 is 11.7 Å². The predicted molar refractivity (Wildman–Crippen MR) is 51.7 cm³/mol. The molecule has 0 saturated heterocycles. The maximum Gasteiger partial charge on any atom is 0.322 e. The summed E-state index contributed by atoms with van der Waals surface area (Å²) in [7, 11) is 0. The number of hydrogen-bond acceptors (Lipinski definition) is 6. The van der Waals surface area contributed by atoms with Crippen LogP contribution in [-0.2, 0) is 4.79 Å². The summed E-state index contributed by atoms with van der Waals surface area (Å²) < 4.78 is 0. The van der Waals surface area contributed by atoms with Crippen LogP contribution in [0.3, 0.4) is 0 Å². The van der Waals surface area contributed by atoms with Crippen molar-refractivity contribution < 1.29 is 14.8 Å². The van der Waals surface area contributed by atoms with Gasteiger partial charge in [0, 0.05) is 12.3 Å². The largest absolute Gasteiger partial charge is 0.480 e. The van der Waals surface area contributed by atoms with Gasteiger partial charge in [0.1, 0.15) is 12.6 Å². The van der Waals surface area contributed by atoms with Crippen LogP contribution in [0.2, 0.25) is 0 Å². The van der Waals surface area contributed by atoms with Crippen molar-refractivity contribution in [1.82, 2.24) is 4.98 Å². The van der Waals surface area contributed by atoms with Gasteiger partial charge in [0.25, 0.3) is 0 Å². The Morgan fingerprint density at radius 2 is 2.44 bits per heavy atom. The zero-order valence-corrected chi connectivity index (χ0v) is 7.88. The molecule has 0 aliphatic heterocycles. The summed E-state index contributed by atoms with van der Waals surface area (Å²) in [4.78, 5) is 23.7. The molecule has 0 spiro atoms. The highest BCUT2D eigenvalue weighted by molar-refractivity contribution is 5.73. The van der Waals surface area contributed by atoms with Crippen LogP contribution in [0.1, 0.15) is 5.56 Å². The lowest BCUT2D eigenvalue weighted by Crippen LogP contribution is -2.14. The highest BCUT2D eigenvalue weighted by Gasteiger charge is 2.16. The van der Waals surface area contributed by atoms with Crippen LogP contribution >= 0.6 is 0 Å². The molecule has 0 radical (unpaired) electrons. The number of carboxylic acids is 1. The van der Waals surface area contributed by atoms with Crippen molar-refractivity contribution >= 4 is 17.5 Å². The number of nitro groups is 1. The van der Waals surface area contributed by atoms with Gasteiger partial charge in [-0.1, -0.05) is 0 Å². The smallest absolute Gasteiger partial charge is 0.322 e. The Kier molecular flexibility index (Phi) is 3.34. The molecule has 8 nitrogen and oxygen atoms in total. The summed E-state index contributed by atoms with van der Waals surface area (Å²) in [5.74, 6) is -1.34. The molecule has 8 heteroatoms. The Labute approximate surface area is 89.3 Å². The first kappa shape index (κ1) is 11.4. The van der Waals surface area contributed by atoms with Crippen molar-refractivity contribution in [2.45, 2.75) is 0 Å². The first-order valence-electron chi connectivity index (χ1n) is 4.05. The SMILES string of the molecule is N#Cc1cnc(NCC(=O)O)c([N+](=O)[O-])c1. The minimum absolute atomic E-state index is 0.0348. The summed E-state index contributed by atoms with van der Waals surface area (Å²) in [5.41, 5.74) is -0.395. The molecule has 0 fully saturated rings. The number of rotatable bonds is 4. The predicted octanol–water partition coefficient (Wildman–Crippen LogP) is 0.358. The van der Waals surface area contributed by atoms with E-state index in [0.29, 0.717) is 0 Å². The molecule has 0 saturated carbocycles. The normalized spacial score (nSPS) is 9.19. The molecule has 16 heavy (non-hydrogen) atoms. The van der Waals surface area contributed by atoms with E-state index in [-0.39, 0.29) is 11.4 Å². The minimum atomic E-state index is -1.17. The van der Waals surface area contributed by atoms with E-state index in [2.05, 4.69) is 10.3 Å². The quantitative estimate of drug-likeness (QED) is 0.555. The molecule has 0 atom stereocenters. The third kappa shape index (κ3) is 2.65. The molecule has 0 bridgehead atoms. The van der Waals surface area contributed by atoms with Crippen LogP contribution in [0, 0.1) is 21.4 Å². The standard InChI is InChI=1S/C8H6N4O4/c9-2-5-1-6(12(15)16)8(10-3-5)11-4-7(13)14/h1,3H,4H2,(H,10,11)(H,13,14). The van der Waals surface area contributed by atoms with Gasteiger partial charge in [0.05, 0.1) is 10.5 Å². The van der Waals surface area contributed by atoms with Crippen LogP contribution in [0.4, 0.5) is 11.5 Å². The van der Waals surface area contributed by atoms with E-state index in [1.54, 1.807) is 6.07 Å². The van der Waals surface area contributed by atoms with Gasteiger partial charge < -0.3 is 10.4 Å². The molecule has 2 N–H and O–H groups in total. The van der Waals surface area contributed by atoms with Crippen LogP contribution in [0.5, 0.6) is 0 Å². The topological polar surface area (TPSA) is 129 Å². The molecular formula is C8H6N4O4. The maximum absolute atomic E-state index is 10.6. The number of carbonyl (C=O) groups is 1. The molecule has 1 heterocycles. The highest BCUT2D eigenvalue weighted by atomic mass is 16.6. The molecule has 1 aromatic rings. The van der Waals surface area contributed by atoms with Crippen molar-refractivity contribution in [2.24, 2.45) is 0 Å². The summed E-state index contributed by atoms with van der Waals surface area (Å²) in [6.45, 7) is -0.486. The number of aromatic nitrogens is 1. The lowest BCUT2D eigenvalue weighted by atomic mass is 10.3. The van der Waals surface area contributed by atoms with Gasteiger partial charge in [-0.2, -0.15) is 5.26 Å². The lowest BCUT2D eigenvalue weighted by molar-refractivity contribution is -0.384. The fourth-order valence-corrected chi connectivity index (χ4v) is 0.949. The monoisotopic (exact) mass is 222 g/mol. The molecule has 0 amide bonds. The van der Waals surface area contributed by atoms with Gasteiger partial charge in [-0.05, 0) is 0 Å². The molecule has 1 aromatic heterocycles. The molecular weight excluding hydrogens is 216 g/mol. The summed E-state index contributed by atoms with van der Waals surface area (Å²) in [6, 6.07) is 2.73.